The molecule has 0 bridgehead atoms. The minimum atomic E-state index is -0.388. The van der Waals surface area contributed by atoms with Crippen LogP contribution in [0.25, 0.3) is 0 Å². The summed E-state index contributed by atoms with van der Waals surface area (Å²) in [5.74, 6) is 0.111. The predicted octanol–water partition coefficient (Wildman–Crippen LogP) is 2.01. The smallest absolute Gasteiger partial charge is 0.240 e. The molecule has 1 aliphatic rings. The largest absolute Gasteiger partial charge is 0.341 e. The van der Waals surface area contributed by atoms with E-state index >= 15 is 0 Å². The molecule has 0 aromatic heterocycles. The fraction of sp³-hybridized carbons (Fsp3) is 0.923. The lowest BCUT2D eigenvalue weighted by atomic mass is 9.82. The van der Waals surface area contributed by atoms with Crippen molar-refractivity contribution >= 4 is 5.91 Å². The van der Waals surface area contributed by atoms with Gasteiger partial charge in [0.2, 0.25) is 5.91 Å². The molecular weight excluding hydrogens is 200 g/mol. The van der Waals surface area contributed by atoms with E-state index in [0.29, 0.717) is 0 Å². The number of hydrogen-bond donors (Lipinski definition) is 1. The van der Waals surface area contributed by atoms with Gasteiger partial charge in [-0.1, -0.05) is 34.6 Å². The Morgan fingerprint density at radius 2 is 1.94 bits per heavy atom. The molecule has 0 spiro atoms. The zero-order valence-corrected chi connectivity index (χ0v) is 11.3. The van der Waals surface area contributed by atoms with Crippen LogP contribution in [0.15, 0.2) is 0 Å². The third-order valence-electron chi connectivity index (χ3n) is 3.41. The summed E-state index contributed by atoms with van der Waals surface area (Å²) in [5.41, 5.74) is 6.11. The summed E-state index contributed by atoms with van der Waals surface area (Å²) < 4.78 is 0. The average Bonchev–Trinajstić information content (AvgIpc) is 2.12. The van der Waals surface area contributed by atoms with Crippen molar-refractivity contribution in [3.63, 3.8) is 0 Å². The Balaban J connectivity index is 2.68. The lowest BCUT2D eigenvalue weighted by molar-refractivity contribution is -0.138. The molecule has 16 heavy (non-hydrogen) atoms. The first-order chi connectivity index (χ1) is 7.13. The summed E-state index contributed by atoms with van der Waals surface area (Å²) in [6, 6.07) is -0.388. The molecule has 1 heterocycles. The molecule has 2 N–H and O–H groups in total. The minimum absolute atomic E-state index is 0.111. The number of rotatable bonds is 1. The van der Waals surface area contributed by atoms with Gasteiger partial charge >= 0.3 is 0 Å². The molecule has 1 aliphatic heterocycles. The van der Waals surface area contributed by atoms with Gasteiger partial charge in [-0.3, -0.25) is 4.79 Å². The number of carbonyl (C=O) groups is 1. The highest BCUT2D eigenvalue weighted by molar-refractivity contribution is 5.82. The second-order valence-electron chi connectivity index (χ2n) is 6.87. The standard InChI is InChI=1S/C13H26N2O/c1-12(2,3)10(14)11(16)15-8-6-7-13(4,5)9-15/h10H,6-9,14H2,1-5H3/t10-/m1/s1. The molecule has 0 unspecified atom stereocenters. The Labute approximate surface area is 99.4 Å². The van der Waals surface area contributed by atoms with Crippen LogP contribution in [-0.4, -0.2) is 29.9 Å². The normalized spacial score (nSPS) is 23.0. The van der Waals surface area contributed by atoms with E-state index in [2.05, 4.69) is 13.8 Å². The number of piperidine rings is 1. The quantitative estimate of drug-likeness (QED) is 0.743. The highest BCUT2D eigenvalue weighted by atomic mass is 16.2. The molecule has 0 aromatic rings. The van der Waals surface area contributed by atoms with E-state index in [1.165, 1.54) is 6.42 Å². The maximum Gasteiger partial charge on any atom is 0.240 e. The summed E-state index contributed by atoms with van der Waals surface area (Å²) in [7, 11) is 0. The molecule has 3 nitrogen and oxygen atoms in total. The van der Waals surface area contributed by atoms with Crippen LogP contribution in [0.4, 0.5) is 0 Å². The van der Waals surface area contributed by atoms with Crippen LogP contribution < -0.4 is 5.73 Å². The van der Waals surface area contributed by atoms with Crippen LogP contribution >= 0.6 is 0 Å². The first kappa shape index (κ1) is 13.5. The molecule has 0 saturated carbocycles. The lowest BCUT2D eigenvalue weighted by Crippen LogP contribution is -2.54. The molecular formula is C13H26N2O. The van der Waals surface area contributed by atoms with Gasteiger partial charge < -0.3 is 10.6 Å². The van der Waals surface area contributed by atoms with Gasteiger partial charge in [0.25, 0.3) is 0 Å². The average molecular weight is 226 g/mol. The van der Waals surface area contributed by atoms with Crippen LogP contribution in [0.5, 0.6) is 0 Å². The molecule has 1 rings (SSSR count). The number of amides is 1. The van der Waals surface area contributed by atoms with Crippen LogP contribution in [-0.2, 0) is 4.79 Å². The fourth-order valence-corrected chi connectivity index (χ4v) is 2.18. The van der Waals surface area contributed by atoms with Gasteiger partial charge in [-0.25, -0.2) is 0 Å². The molecule has 94 valence electrons. The van der Waals surface area contributed by atoms with Crippen molar-refractivity contribution in [3.8, 4) is 0 Å². The summed E-state index contributed by atoms with van der Waals surface area (Å²) in [5, 5.41) is 0. The fourth-order valence-electron chi connectivity index (χ4n) is 2.18. The molecule has 1 atom stereocenters. The molecule has 1 fully saturated rings. The maximum absolute atomic E-state index is 12.2. The topological polar surface area (TPSA) is 46.3 Å². The van der Waals surface area contributed by atoms with Crippen LogP contribution in [0.2, 0.25) is 0 Å². The molecule has 0 aromatic carbocycles. The van der Waals surface area contributed by atoms with Crippen LogP contribution in [0.3, 0.4) is 0 Å². The van der Waals surface area contributed by atoms with Gasteiger partial charge in [-0.05, 0) is 23.7 Å². The number of nitrogens with zero attached hydrogens (tertiary/aromatic N) is 1. The van der Waals surface area contributed by atoms with Crippen LogP contribution in [0, 0.1) is 10.8 Å². The van der Waals surface area contributed by atoms with E-state index in [4.69, 9.17) is 5.73 Å². The Kier molecular flexibility index (Phi) is 3.68. The summed E-state index contributed by atoms with van der Waals surface area (Å²) in [6.07, 6.45) is 2.29. The van der Waals surface area contributed by atoms with Gasteiger partial charge in [-0.15, -0.1) is 0 Å². The highest BCUT2D eigenvalue weighted by Gasteiger charge is 2.35. The van der Waals surface area contributed by atoms with Crippen molar-refractivity contribution in [2.45, 2.75) is 53.5 Å². The van der Waals surface area contributed by atoms with E-state index in [0.717, 1.165) is 19.5 Å². The summed E-state index contributed by atoms with van der Waals surface area (Å²) >= 11 is 0. The third kappa shape index (κ3) is 3.21. The van der Waals surface area contributed by atoms with Gasteiger partial charge in [-0.2, -0.15) is 0 Å². The van der Waals surface area contributed by atoms with Gasteiger partial charge in [0, 0.05) is 13.1 Å². The monoisotopic (exact) mass is 226 g/mol. The van der Waals surface area contributed by atoms with E-state index in [-0.39, 0.29) is 22.8 Å². The van der Waals surface area contributed by atoms with Crippen molar-refractivity contribution in [3.05, 3.63) is 0 Å². The number of hydrogen-bond acceptors (Lipinski definition) is 2. The second kappa shape index (κ2) is 4.36. The van der Waals surface area contributed by atoms with Gasteiger partial charge in [0.1, 0.15) is 0 Å². The summed E-state index contributed by atoms with van der Waals surface area (Å²) in [6.45, 7) is 12.2. The van der Waals surface area contributed by atoms with Gasteiger partial charge in [0.05, 0.1) is 6.04 Å². The zero-order chi connectivity index (χ0) is 12.6. The molecule has 1 amide bonds. The lowest BCUT2D eigenvalue weighted by Gasteiger charge is -2.40. The van der Waals surface area contributed by atoms with Gasteiger partial charge in [0.15, 0.2) is 0 Å². The van der Waals surface area contributed by atoms with E-state index in [1.807, 2.05) is 25.7 Å². The molecule has 1 saturated heterocycles. The first-order valence-corrected chi connectivity index (χ1v) is 6.18. The summed E-state index contributed by atoms with van der Waals surface area (Å²) in [4.78, 5) is 14.2. The zero-order valence-electron chi connectivity index (χ0n) is 11.3. The van der Waals surface area contributed by atoms with E-state index in [9.17, 15) is 4.79 Å². The van der Waals surface area contributed by atoms with Crippen molar-refractivity contribution in [1.82, 2.24) is 4.90 Å². The SMILES string of the molecule is CC1(C)CCCN(C(=O)[C@@H](N)C(C)(C)C)C1. The Morgan fingerprint density at radius 3 is 2.38 bits per heavy atom. The van der Waals surface area contributed by atoms with Crippen molar-refractivity contribution in [2.75, 3.05) is 13.1 Å². The Morgan fingerprint density at radius 1 is 1.38 bits per heavy atom. The molecule has 0 aliphatic carbocycles. The second-order valence-corrected chi connectivity index (χ2v) is 6.87. The van der Waals surface area contributed by atoms with Crippen molar-refractivity contribution in [1.29, 1.82) is 0 Å². The molecule has 3 heteroatoms. The van der Waals surface area contributed by atoms with E-state index < -0.39 is 0 Å². The highest BCUT2D eigenvalue weighted by Crippen LogP contribution is 2.29. The van der Waals surface area contributed by atoms with Crippen molar-refractivity contribution in [2.24, 2.45) is 16.6 Å². The third-order valence-corrected chi connectivity index (χ3v) is 3.41. The number of nitrogens with two attached hydrogens (primary N) is 1. The number of likely N-dealkylation sites (tertiary alicyclic amines) is 1. The Hall–Kier alpha value is -0.570. The van der Waals surface area contributed by atoms with Crippen molar-refractivity contribution < 1.29 is 4.79 Å². The van der Waals surface area contributed by atoms with E-state index in [1.54, 1.807) is 0 Å². The Bertz CT molecular complexity index is 266. The van der Waals surface area contributed by atoms with Crippen LogP contribution in [0.1, 0.15) is 47.5 Å². The predicted molar refractivity (Wildman–Crippen MR) is 67.0 cm³/mol. The minimum Gasteiger partial charge on any atom is -0.341 e. The molecule has 0 radical (unpaired) electrons. The first-order valence-electron chi connectivity index (χ1n) is 6.18. The number of carbonyl (C=O) groups excluding carboxylic acids is 1. The maximum atomic E-state index is 12.2.